The van der Waals surface area contributed by atoms with E-state index < -0.39 is 0 Å². The lowest BCUT2D eigenvalue weighted by atomic mass is 9.85. The Kier molecular flexibility index (Phi) is 7.93. The summed E-state index contributed by atoms with van der Waals surface area (Å²) in [5.41, 5.74) is -0.665. The molecule has 0 bridgehead atoms. The number of carbonyl (C=O) groups excluding carboxylic acids is 1. The Labute approximate surface area is 146 Å². The molecule has 1 saturated heterocycles. The summed E-state index contributed by atoms with van der Waals surface area (Å²) in [6.45, 7) is 10.3. The Bertz CT molecular complexity index is 419. The number of ether oxygens (including phenoxy) is 2. The van der Waals surface area contributed by atoms with Crippen LogP contribution in [0, 0.1) is 0 Å². The van der Waals surface area contributed by atoms with Crippen LogP contribution in [-0.4, -0.2) is 56.2 Å². The van der Waals surface area contributed by atoms with Gasteiger partial charge in [0.2, 0.25) is 5.91 Å². The minimum atomic E-state index is -0.332. The number of carbonyl (C=O) groups is 1. The fourth-order valence-electron chi connectivity index (χ4n) is 2.46. The van der Waals surface area contributed by atoms with Gasteiger partial charge in [0.25, 0.3) is 0 Å². The smallest absolute Gasteiger partial charge is 0.403 e. The van der Waals surface area contributed by atoms with Crippen LogP contribution in [0.3, 0.4) is 0 Å². The molecule has 1 aliphatic rings. The van der Waals surface area contributed by atoms with Gasteiger partial charge in [-0.2, -0.15) is 0 Å². The maximum absolute atomic E-state index is 11.7. The van der Waals surface area contributed by atoms with Crippen molar-refractivity contribution in [1.82, 2.24) is 4.90 Å². The van der Waals surface area contributed by atoms with Crippen molar-refractivity contribution in [2.45, 2.75) is 71.3 Å². The third kappa shape index (κ3) is 5.88. The van der Waals surface area contributed by atoms with Gasteiger partial charge in [0.1, 0.15) is 0 Å². The van der Waals surface area contributed by atoms with E-state index in [4.69, 9.17) is 18.8 Å². The molecule has 0 saturated carbocycles. The highest BCUT2D eigenvalue weighted by Crippen LogP contribution is 2.37. The average Bonchev–Trinajstić information content (AvgIpc) is 2.69. The van der Waals surface area contributed by atoms with Gasteiger partial charge in [-0.05, 0) is 34.1 Å². The van der Waals surface area contributed by atoms with Crippen LogP contribution < -0.4 is 0 Å². The molecule has 0 spiro atoms. The highest BCUT2D eigenvalue weighted by atomic mass is 16.7. The van der Waals surface area contributed by atoms with Gasteiger partial charge in [-0.1, -0.05) is 6.08 Å². The lowest BCUT2D eigenvalue weighted by molar-refractivity contribution is -0.127. The largest absolute Gasteiger partial charge is 0.461 e. The number of nitrogens with zero attached hydrogens (tertiary/aromatic N) is 1. The van der Waals surface area contributed by atoms with Crippen molar-refractivity contribution in [3.8, 4) is 0 Å². The normalized spacial score (nSPS) is 19.4. The van der Waals surface area contributed by atoms with Crippen molar-refractivity contribution in [1.29, 1.82) is 0 Å². The predicted molar refractivity (Wildman–Crippen MR) is 94.5 cm³/mol. The van der Waals surface area contributed by atoms with E-state index in [1.54, 1.807) is 26.0 Å². The van der Waals surface area contributed by atoms with E-state index in [0.717, 1.165) is 12.8 Å². The minimum absolute atomic E-state index is 0.00607. The predicted octanol–water partition coefficient (Wildman–Crippen LogP) is 2.84. The van der Waals surface area contributed by atoms with E-state index in [2.05, 4.69) is 0 Å². The Morgan fingerprint density at radius 2 is 1.71 bits per heavy atom. The summed E-state index contributed by atoms with van der Waals surface area (Å²) in [7, 11) is 2.94. The molecule has 24 heavy (non-hydrogen) atoms. The van der Waals surface area contributed by atoms with Crippen molar-refractivity contribution in [3.05, 3.63) is 12.3 Å². The molecule has 1 aliphatic heterocycles. The number of methoxy groups -OCH3 is 2. The second-order valence-corrected chi connectivity index (χ2v) is 7.06. The van der Waals surface area contributed by atoms with Crippen LogP contribution in [-0.2, 0) is 23.6 Å². The lowest BCUT2D eigenvalue weighted by Gasteiger charge is -2.32. The molecule has 7 heteroatoms. The van der Waals surface area contributed by atoms with E-state index in [0.29, 0.717) is 12.9 Å². The maximum atomic E-state index is 11.7. The van der Waals surface area contributed by atoms with E-state index >= 15 is 0 Å². The number of allylic oxidation sites excluding steroid dienone is 1. The summed E-state index contributed by atoms with van der Waals surface area (Å²) in [5.74, 6) is 0.00607. The number of rotatable bonds is 9. The first-order valence-electron chi connectivity index (χ1n) is 8.48. The maximum Gasteiger partial charge on any atom is 0.461 e. The first-order valence-corrected chi connectivity index (χ1v) is 8.48. The standard InChI is InChI=1S/C17H32BNO5/c1-14(20)19(12-8-10-15(21-6)22-7)13-9-11-18-23-16(2,3)17(4,5)24-18/h9,13,15H,8,10-12H2,1-7H3/b13-9+. The molecule has 1 heterocycles. The third-order valence-corrected chi connectivity index (χ3v) is 4.69. The molecule has 0 atom stereocenters. The van der Waals surface area contributed by atoms with Crippen LogP contribution >= 0.6 is 0 Å². The minimum Gasteiger partial charge on any atom is -0.403 e. The molecule has 1 rings (SSSR count). The SMILES string of the molecule is COC(CCCN(/C=C/CB1OC(C)(C)C(C)(C)O1)C(C)=O)OC. The Balaban J connectivity index is 2.46. The highest BCUT2D eigenvalue weighted by Gasteiger charge is 2.50. The zero-order chi connectivity index (χ0) is 18.4. The van der Waals surface area contributed by atoms with Crippen molar-refractivity contribution >= 4 is 13.0 Å². The highest BCUT2D eigenvalue weighted by molar-refractivity contribution is 6.46. The third-order valence-electron chi connectivity index (χ3n) is 4.69. The van der Waals surface area contributed by atoms with Crippen LogP contribution in [0.4, 0.5) is 0 Å². The summed E-state index contributed by atoms with van der Waals surface area (Å²) in [6.07, 6.45) is 5.65. The summed E-state index contributed by atoms with van der Waals surface area (Å²) in [5, 5.41) is 0. The molecule has 0 N–H and O–H groups in total. The van der Waals surface area contributed by atoms with Crippen LogP contribution in [0.25, 0.3) is 0 Å². The number of hydrogen-bond acceptors (Lipinski definition) is 5. The topological polar surface area (TPSA) is 57.2 Å². The van der Waals surface area contributed by atoms with E-state index in [9.17, 15) is 4.79 Å². The van der Waals surface area contributed by atoms with E-state index in [1.807, 2.05) is 40.0 Å². The monoisotopic (exact) mass is 341 g/mol. The lowest BCUT2D eigenvalue weighted by Crippen LogP contribution is -2.41. The molecule has 1 fully saturated rings. The van der Waals surface area contributed by atoms with Crippen LogP contribution in [0.2, 0.25) is 6.32 Å². The van der Waals surface area contributed by atoms with Crippen LogP contribution in [0.1, 0.15) is 47.5 Å². The average molecular weight is 341 g/mol. The van der Waals surface area contributed by atoms with Gasteiger partial charge in [0.05, 0.1) is 11.2 Å². The van der Waals surface area contributed by atoms with Gasteiger partial charge in [-0.25, -0.2) is 0 Å². The molecular formula is C17H32BNO5. The van der Waals surface area contributed by atoms with Crippen molar-refractivity contribution < 1.29 is 23.6 Å². The second-order valence-electron chi connectivity index (χ2n) is 7.06. The molecule has 0 unspecified atom stereocenters. The van der Waals surface area contributed by atoms with Crippen LogP contribution in [0.15, 0.2) is 12.3 Å². The summed E-state index contributed by atoms with van der Waals surface area (Å²) in [4.78, 5) is 13.4. The molecule has 0 radical (unpaired) electrons. The number of hydrogen-bond donors (Lipinski definition) is 0. The Morgan fingerprint density at radius 3 is 2.17 bits per heavy atom. The zero-order valence-electron chi connectivity index (χ0n) is 16.1. The van der Waals surface area contributed by atoms with E-state index in [-0.39, 0.29) is 30.5 Å². The molecule has 6 nitrogen and oxygen atoms in total. The van der Waals surface area contributed by atoms with Gasteiger partial charge in [0.15, 0.2) is 6.29 Å². The van der Waals surface area contributed by atoms with Crippen molar-refractivity contribution in [2.24, 2.45) is 0 Å². The quantitative estimate of drug-likeness (QED) is 0.477. The second kappa shape index (κ2) is 8.99. The van der Waals surface area contributed by atoms with Gasteiger partial charge in [-0.15, -0.1) is 0 Å². The fourth-order valence-corrected chi connectivity index (χ4v) is 2.46. The molecule has 0 aromatic heterocycles. The summed E-state index contributed by atoms with van der Waals surface area (Å²) in [6, 6.07) is 0. The molecule has 138 valence electrons. The number of amides is 1. The first-order chi connectivity index (χ1) is 11.1. The zero-order valence-corrected chi connectivity index (χ0v) is 16.1. The summed E-state index contributed by atoms with van der Waals surface area (Å²) >= 11 is 0. The molecule has 0 aromatic carbocycles. The van der Waals surface area contributed by atoms with Crippen LogP contribution in [0.5, 0.6) is 0 Å². The van der Waals surface area contributed by atoms with E-state index in [1.165, 1.54) is 0 Å². The molecule has 0 aromatic rings. The van der Waals surface area contributed by atoms with Crippen molar-refractivity contribution in [3.63, 3.8) is 0 Å². The molecule has 0 aliphatic carbocycles. The van der Waals surface area contributed by atoms with Gasteiger partial charge < -0.3 is 23.7 Å². The first kappa shape index (κ1) is 21.2. The van der Waals surface area contributed by atoms with Gasteiger partial charge in [-0.3, -0.25) is 4.79 Å². The Hall–Kier alpha value is -0.885. The molecular weight excluding hydrogens is 309 g/mol. The summed E-state index contributed by atoms with van der Waals surface area (Å²) < 4.78 is 22.2. The van der Waals surface area contributed by atoms with Gasteiger partial charge >= 0.3 is 7.12 Å². The van der Waals surface area contributed by atoms with Crippen molar-refractivity contribution in [2.75, 3.05) is 20.8 Å². The van der Waals surface area contributed by atoms with Gasteiger partial charge in [0, 0.05) is 46.6 Å². The fraction of sp³-hybridized carbons (Fsp3) is 0.824. The Morgan fingerprint density at radius 1 is 1.17 bits per heavy atom. The molecule has 1 amide bonds.